The van der Waals surface area contributed by atoms with Crippen LogP contribution in [0.1, 0.15) is 118 Å². The Hall–Kier alpha value is -5.50. The Morgan fingerprint density at radius 1 is 0.478 bits per heavy atom. The van der Waals surface area contributed by atoms with Crippen molar-refractivity contribution in [2.45, 2.75) is 166 Å². The third-order valence-electron chi connectivity index (χ3n) is 10.7. The van der Waals surface area contributed by atoms with Gasteiger partial charge in [0.15, 0.2) is 0 Å². The zero-order chi connectivity index (χ0) is 51.2. The van der Waals surface area contributed by atoms with Crippen molar-refractivity contribution >= 4 is 59.3 Å². The molecule has 0 bridgehead atoms. The second-order valence-corrected chi connectivity index (χ2v) is 16.9. The summed E-state index contributed by atoms with van der Waals surface area (Å²) < 4.78 is 0. The zero-order valence-electron chi connectivity index (χ0n) is 39.2. The van der Waals surface area contributed by atoms with Gasteiger partial charge in [-0.25, -0.2) is 4.79 Å². The Morgan fingerprint density at radius 3 is 1.31 bits per heavy atom. The van der Waals surface area contributed by atoms with Gasteiger partial charge in [0, 0.05) is 6.42 Å². The fraction of sp³-hybridized carbons (Fsp3) is 0.762. The minimum atomic E-state index is -1.82. The molecule has 67 heavy (non-hydrogen) atoms. The Morgan fingerprint density at radius 2 is 0.881 bits per heavy atom. The van der Waals surface area contributed by atoms with Crippen molar-refractivity contribution in [1.82, 2.24) is 37.2 Å². The molecule has 19 N–H and O–H groups in total. The molecular formula is C42H77N11O14. The van der Waals surface area contributed by atoms with Gasteiger partial charge in [-0.1, -0.05) is 40.5 Å². The molecule has 384 valence electrons. The van der Waals surface area contributed by atoms with Gasteiger partial charge in [0.1, 0.15) is 42.3 Å². The molecule has 25 heteroatoms. The summed E-state index contributed by atoms with van der Waals surface area (Å²) in [7, 11) is 0. The Bertz CT molecular complexity index is 1620. The maximum absolute atomic E-state index is 14.1. The van der Waals surface area contributed by atoms with Crippen LogP contribution in [-0.4, -0.2) is 154 Å². The highest BCUT2D eigenvalue weighted by atomic mass is 16.4. The number of nitrogens with one attached hydrogen (secondary N) is 7. The molecule has 0 aliphatic rings. The molecule has 25 nitrogen and oxygen atoms in total. The van der Waals surface area contributed by atoms with Crippen LogP contribution in [0.3, 0.4) is 0 Å². The maximum atomic E-state index is 14.1. The standard InChI is InChI=1S/C42H77N11O14/c1-5-24(4)34(41(65)51-30(21-33(57)58)40(64)52-31(22-54)42(66)67)53-38(62)27(14-8-11-19-45)49-39(63)29(20-23(2)3)50-36(60)26(13-7-10-18-44)48-37(61)28(15-16-32(55)56)47-35(59)25(46)12-6-9-17-43/h23-31,34,54H,5-22,43-46H2,1-4H3,(H,47,59)(H,48,61)(H,49,63)(H,50,60)(H,51,65)(H,52,64)(H,53,62)(H,55,56)(H,57,58)(H,66,67)/t24-,25-,26-,27-,28-,29-,30-,31-,34-/m0/s1. The number of carboxylic acid groups (broad SMARTS) is 3. The molecular weight excluding hydrogens is 883 g/mol. The number of aliphatic hydroxyl groups excluding tert-OH is 1. The molecule has 0 aromatic rings. The highest BCUT2D eigenvalue weighted by Crippen LogP contribution is 2.13. The Balaban J connectivity index is 6.64. The van der Waals surface area contributed by atoms with Crippen LogP contribution in [0.25, 0.3) is 0 Å². The number of hydrogen-bond acceptors (Lipinski definition) is 15. The number of carbonyl (C=O) groups excluding carboxylic acids is 7. The number of rotatable bonds is 37. The number of hydrogen-bond donors (Lipinski definition) is 15. The number of carbonyl (C=O) groups is 10. The van der Waals surface area contributed by atoms with E-state index in [-0.39, 0.29) is 57.5 Å². The SMILES string of the molecule is CC[C@H](C)[C@H](NC(=O)[C@H](CCCCN)NC(=O)[C@H](CC(C)C)NC(=O)[C@H](CCCCN)NC(=O)[C@H](CCC(=O)O)NC(=O)[C@@H](N)CCCCN)C(=O)N[C@@H](CC(=O)O)C(=O)N[C@@H](CO)C(=O)O. The average molecular weight is 960 g/mol. The van der Waals surface area contributed by atoms with E-state index in [9.17, 15) is 68.4 Å². The molecule has 0 radical (unpaired) electrons. The van der Waals surface area contributed by atoms with E-state index in [4.69, 9.17) is 22.9 Å². The van der Waals surface area contributed by atoms with Gasteiger partial charge < -0.3 is 80.6 Å². The minimum Gasteiger partial charge on any atom is -0.481 e. The molecule has 0 saturated carbocycles. The minimum absolute atomic E-state index is 0.00560. The van der Waals surface area contributed by atoms with Crippen molar-refractivity contribution in [3.8, 4) is 0 Å². The van der Waals surface area contributed by atoms with Crippen LogP contribution in [-0.2, 0) is 47.9 Å². The lowest BCUT2D eigenvalue weighted by Crippen LogP contribution is -2.61. The van der Waals surface area contributed by atoms with E-state index in [0.717, 1.165) is 0 Å². The molecule has 0 rings (SSSR count). The number of nitrogens with two attached hydrogens (primary N) is 4. The maximum Gasteiger partial charge on any atom is 0.328 e. The van der Waals surface area contributed by atoms with Crippen molar-refractivity contribution in [3.63, 3.8) is 0 Å². The first-order valence-electron chi connectivity index (χ1n) is 22.8. The number of unbranched alkanes of at least 4 members (excludes halogenated alkanes) is 3. The molecule has 0 aliphatic carbocycles. The van der Waals surface area contributed by atoms with Gasteiger partial charge in [0.25, 0.3) is 0 Å². The van der Waals surface area contributed by atoms with E-state index in [1.54, 1.807) is 27.7 Å². The lowest BCUT2D eigenvalue weighted by molar-refractivity contribution is -0.144. The Kier molecular flexibility index (Phi) is 31.1. The summed E-state index contributed by atoms with van der Waals surface area (Å²) in [5.74, 6) is -11.5. The summed E-state index contributed by atoms with van der Waals surface area (Å²) in [5, 5.41) is 54.6. The summed E-state index contributed by atoms with van der Waals surface area (Å²) in [5.41, 5.74) is 22.9. The number of aliphatic carboxylic acids is 3. The first kappa shape index (κ1) is 61.5. The molecule has 0 fully saturated rings. The molecule has 9 atom stereocenters. The van der Waals surface area contributed by atoms with Gasteiger partial charge in [-0.05, 0) is 95.7 Å². The van der Waals surface area contributed by atoms with Gasteiger partial charge in [-0.15, -0.1) is 0 Å². The number of carboxylic acids is 3. The van der Waals surface area contributed by atoms with Crippen LogP contribution in [0.5, 0.6) is 0 Å². The van der Waals surface area contributed by atoms with Crippen molar-refractivity contribution in [3.05, 3.63) is 0 Å². The van der Waals surface area contributed by atoms with E-state index >= 15 is 0 Å². The van der Waals surface area contributed by atoms with Gasteiger partial charge in [-0.2, -0.15) is 0 Å². The monoisotopic (exact) mass is 960 g/mol. The molecule has 0 aromatic carbocycles. The second kappa shape index (κ2) is 33.9. The van der Waals surface area contributed by atoms with Crippen LogP contribution < -0.4 is 60.2 Å². The van der Waals surface area contributed by atoms with Gasteiger partial charge in [0.2, 0.25) is 41.4 Å². The Labute approximate surface area is 391 Å². The summed E-state index contributed by atoms with van der Waals surface area (Å²) >= 11 is 0. The predicted octanol–water partition coefficient (Wildman–Crippen LogP) is -3.40. The fourth-order valence-corrected chi connectivity index (χ4v) is 6.56. The summed E-state index contributed by atoms with van der Waals surface area (Å²) in [4.78, 5) is 130. The molecule has 0 heterocycles. The third kappa shape index (κ3) is 25.3. The zero-order valence-corrected chi connectivity index (χ0v) is 39.2. The molecule has 7 amide bonds. The number of amides is 7. The quantitative estimate of drug-likeness (QED) is 0.0270. The van der Waals surface area contributed by atoms with Crippen molar-refractivity contribution in [2.75, 3.05) is 26.2 Å². The van der Waals surface area contributed by atoms with Crippen LogP contribution in [0.2, 0.25) is 0 Å². The van der Waals surface area contributed by atoms with Crippen LogP contribution in [0, 0.1) is 11.8 Å². The topological polar surface area (TPSA) is 440 Å². The van der Waals surface area contributed by atoms with Gasteiger partial charge >= 0.3 is 17.9 Å². The van der Waals surface area contributed by atoms with E-state index < -0.39 is 133 Å². The molecule has 0 spiro atoms. The van der Waals surface area contributed by atoms with Crippen molar-refractivity contribution in [1.29, 1.82) is 0 Å². The first-order chi connectivity index (χ1) is 31.6. The van der Waals surface area contributed by atoms with Crippen LogP contribution in [0.15, 0.2) is 0 Å². The van der Waals surface area contributed by atoms with Crippen molar-refractivity contribution < 1.29 is 68.4 Å². The highest BCUT2D eigenvalue weighted by molar-refractivity contribution is 5.98. The van der Waals surface area contributed by atoms with Gasteiger partial charge in [0.05, 0.1) is 19.1 Å². The van der Waals surface area contributed by atoms with Crippen LogP contribution >= 0.6 is 0 Å². The first-order valence-corrected chi connectivity index (χ1v) is 22.8. The fourth-order valence-electron chi connectivity index (χ4n) is 6.56. The van der Waals surface area contributed by atoms with E-state index in [1.165, 1.54) is 0 Å². The largest absolute Gasteiger partial charge is 0.481 e. The predicted molar refractivity (Wildman–Crippen MR) is 243 cm³/mol. The normalized spacial score (nSPS) is 15.2. The van der Waals surface area contributed by atoms with E-state index in [2.05, 4.69) is 31.9 Å². The van der Waals surface area contributed by atoms with Crippen LogP contribution in [0.4, 0.5) is 0 Å². The molecule has 0 aliphatic heterocycles. The summed E-state index contributed by atoms with van der Waals surface area (Å²) in [6, 6.07) is -11.4. The smallest absolute Gasteiger partial charge is 0.328 e. The van der Waals surface area contributed by atoms with Crippen molar-refractivity contribution in [2.24, 2.45) is 34.8 Å². The lowest BCUT2D eigenvalue weighted by atomic mass is 9.96. The summed E-state index contributed by atoms with van der Waals surface area (Å²) in [6.07, 6.45) is 1.47. The average Bonchev–Trinajstić information content (AvgIpc) is 3.26. The van der Waals surface area contributed by atoms with E-state index in [0.29, 0.717) is 45.1 Å². The highest BCUT2D eigenvalue weighted by Gasteiger charge is 2.36. The molecule has 0 unspecified atom stereocenters. The molecule has 0 saturated heterocycles. The number of aliphatic hydroxyl groups is 1. The van der Waals surface area contributed by atoms with E-state index in [1.807, 2.05) is 5.32 Å². The summed E-state index contributed by atoms with van der Waals surface area (Å²) in [6.45, 7) is 6.66. The third-order valence-corrected chi connectivity index (χ3v) is 10.7. The lowest BCUT2D eigenvalue weighted by Gasteiger charge is -2.29. The second-order valence-electron chi connectivity index (χ2n) is 16.9. The van der Waals surface area contributed by atoms with Gasteiger partial charge in [-0.3, -0.25) is 43.2 Å². The molecule has 0 aromatic heterocycles.